The summed E-state index contributed by atoms with van der Waals surface area (Å²) in [5, 5.41) is 13.8. The Hall–Kier alpha value is -0.240. The van der Waals surface area contributed by atoms with Gasteiger partial charge in [-0.05, 0) is 311 Å². The molecule has 34 aliphatic rings. The van der Waals surface area contributed by atoms with Crippen LogP contribution in [0.3, 0.4) is 0 Å². The van der Waals surface area contributed by atoms with Crippen molar-refractivity contribution in [1.82, 2.24) is 31.1 Å². The number of nitrogens with zero attached hydrogens (tertiary/aromatic N) is 2. The van der Waals surface area contributed by atoms with Crippen LogP contribution in [0.2, 0.25) is 0 Å². The summed E-state index contributed by atoms with van der Waals surface area (Å²) in [5.41, 5.74) is 0. The monoisotopic (exact) mass is 1490 g/mol. The van der Waals surface area contributed by atoms with E-state index in [0.29, 0.717) is 0 Å². The standard InChI is InChI=1S/2C10H18.2C9H16.2C8H14.C7H13N.C7H12.3C6H11N.C6H10.2C5H9N/c1-3-9-5-2-6-10(4-1)8-7-9;1-2-5-10-7-3-6-9(4-1)8-10;1-3-8-5-2-6-9(4-1)7-8;1-2-8-4-6-9(3-1)7-5-8;1-2-8-5-3-7(1)4-6-8;1-2-7-4-5-8(3-1)6-7;1-3-7-4-2-6(1)5-8-7;1-2-7-4-3-6(1)5-7;2*1-3-7-4-2-6(1)5-7;1-2-6-3-5(1)4-7-6;1-2-6-3-5(1)4-6;1-4-2-5(1)6-3-4;1-2-5-3-4(1)6-5/h2*9-10H,1-8H2;2*8-9H,1-7H2;2*7-8H,1-6H2;6-8H,1-5H2;6-7H,1-5H2;2*6H,1-5H2;5-7H,1-4H2;5-6H,1-4H2;2*4-6H,1-3H2. The molecule has 11 aliphatic heterocycles. The van der Waals surface area contributed by atoms with Crippen LogP contribution in [-0.2, 0) is 0 Å². The van der Waals surface area contributed by atoms with Crippen molar-refractivity contribution in [2.75, 3.05) is 58.9 Å². The van der Waals surface area contributed by atoms with Gasteiger partial charge in [-0.1, -0.05) is 289 Å². The first-order valence-electron chi connectivity index (χ1n) is 51.7. The predicted molar refractivity (Wildman–Crippen MR) is 462 cm³/mol. The van der Waals surface area contributed by atoms with Gasteiger partial charge >= 0.3 is 0 Å². The van der Waals surface area contributed by atoms with Crippen molar-refractivity contribution in [2.45, 2.75) is 460 Å². The number of hydrogen-bond donors (Lipinski definition) is 4. The first-order valence-corrected chi connectivity index (χ1v) is 51.7. The highest BCUT2D eigenvalue weighted by Gasteiger charge is 2.39. The van der Waals surface area contributed by atoms with Gasteiger partial charge in [0.05, 0.1) is 0 Å². The molecule has 11 heterocycles. The summed E-state index contributed by atoms with van der Waals surface area (Å²) >= 11 is 0. The maximum atomic E-state index is 3.52. The van der Waals surface area contributed by atoms with Gasteiger partial charge in [0.15, 0.2) is 0 Å². The summed E-state index contributed by atoms with van der Waals surface area (Å²) in [6.45, 7) is 12.3. The Kier molecular flexibility index (Phi) is 34.2. The number of fused-ring (bicyclic) bond motifs is 30. The van der Waals surface area contributed by atoms with Crippen molar-refractivity contribution in [1.29, 1.82) is 0 Å². The summed E-state index contributed by atoms with van der Waals surface area (Å²) in [7, 11) is 0. The van der Waals surface area contributed by atoms with Crippen LogP contribution in [0.1, 0.15) is 430 Å². The van der Waals surface area contributed by atoms with Gasteiger partial charge in [0.2, 0.25) is 0 Å². The zero-order chi connectivity index (χ0) is 72.7. The van der Waals surface area contributed by atoms with Crippen LogP contribution in [0.25, 0.3) is 0 Å². The Morgan fingerprint density at radius 1 is 0.139 bits per heavy atom. The molecule has 620 valence electrons. The molecule has 23 aliphatic carbocycles. The molecule has 28 bridgehead atoms. The average Bonchev–Trinajstić information content (AvgIpc) is 1.71. The minimum absolute atomic E-state index is 0.903. The molecule has 6 nitrogen and oxygen atoms in total. The average molecular weight is 1490 g/mol. The lowest BCUT2D eigenvalue weighted by Crippen LogP contribution is -2.44. The van der Waals surface area contributed by atoms with E-state index < -0.39 is 0 Å². The fourth-order valence-corrected chi connectivity index (χ4v) is 29.3. The van der Waals surface area contributed by atoms with Crippen molar-refractivity contribution < 1.29 is 0 Å². The fourth-order valence-electron chi connectivity index (χ4n) is 29.3. The Bertz CT molecular complexity index is 1980. The van der Waals surface area contributed by atoms with Gasteiger partial charge in [0.1, 0.15) is 0 Å². The lowest BCUT2D eigenvalue weighted by Gasteiger charge is -2.36. The van der Waals surface area contributed by atoms with E-state index in [9.17, 15) is 0 Å². The summed E-state index contributed by atoms with van der Waals surface area (Å²) < 4.78 is 0. The van der Waals surface area contributed by atoms with Gasteiger partial charge in [-0.3, -0.25) is 0 Å². The predicted octanol–water partition coefficient (Wildman–Crippen LogP) is 26.1. The quantitative estimate of drug-likeness (QED) is 0.194. The third-order valence-electron chi connectivity index (χ3n) is 36.9. The van der Waals surface area contributed by atoms with E-state index in [2.05, 4.69) is 31.1 Å². The van der Waals surface area contributed by atoms with Crippen LogP contribution in [-0.4, -0.2) is 98.9 Å². The molecule has 4 N–H and O–H groups in total. The van der Waals surface area contributed by atoms with E-state index in [1.165, 1.54) is 243 Å². The first kappa shape index (κ1) is 82.8. The fraction of sp³-hybridized carbons (Fsp3) is 1.00. The van der Waals surface area contributed by atoms with Gasteiger partial charge < -0.3 is 31.1 Å². The summed E-state index contributed by atoms with van der Waals surface area (Å²) in [4.78, 5) is 5.12. The highest BCUT2D eigenvalue weighted by molar-refractivity contribution is 4.97. The van der Waals surface area contributed by atoms with Crippen molar-refractivity contribution in [3.63, 3.8) is 0 Å². The molecular formula is C102H182N6. The van der Waals surface area contributed by atoms with Crippen LogP contribution in [0.5, 0.6) is 0 Å². The zero-order valence-corrected chi connectivity index (χ0v) is 71.6. The lowest BCUT2D eigenvalue weighted by molar-refractivity contribution is 0.176. The van der Waals surface area contributed by atoms with E-state index in [1.807, 2.05) is 0 Å². The van der Waals surface area contributed by atoms with Crippen LogP contribution < -0.4 is 21.3 Å². The molecular weight excluding hydrogens is 1310 g/mol. The smallest absolute Gasteiger partial charge is 0.00850 e. The van der Waals surface area contributed by atoms with Gasteiger partial charge in [-0.15, -0.1) is 0 Å². The lowest BCUT2D eigenvalue weighted by atomic mass is 9.71. The molecule has 34 fully saturated rings. The molecule has 0 aromatic carbocycles. The van der Waals surface area contributed by atoms with E-state index >= 15 is 0 Å². The number of piperidine rings is 5. The minimum atomic E-state index is 0.903. The van der Waals surface area contributed by atoms with Gasteiger partial charge in [-0.25, -0.2) is 0 Å². The Labute approximate surface area is 670 Å². The first-order chi connectivity index (χ1) is 53.3. The van der Waals surface area contributed by atoms with E-state index in [1.54, 1.807) is 270 Å². The number of hydrogen-bond acceptors (Lipinski definition) is 6. The molecule has 34 rings (SSSR count). The maximum absolute atomic E-state index is 3.52. The topological polar surface area (TPSA) is 54.6 Å². The molecule has 0 spiro atoms. The molecule has 8 unspecified atom stereocenters. The Balaban J connectivity index is 0.0000000930. The molecule has 23 saturated carbocycles. The minimum Gasteiger partial charge on any atom is -0.314 e. The molecule has 11 saturated heterocycles. The van der Waals surface area contributed by atoms with Crippen LogP contribution in [0.15, 0.2) is 0 Å². The Morgan fingerprint density at radius 2 is 0.370 bits per heavy atom. The van der Waals surface area contributed by atoms with Crippen molar-refractivity contribution in [3.8, 4) is 0 Å². The SMILES string of the molecule is C1CC2CC1C2.C1CC2CC1CN2.C1CC2CC1N2.C1CC2CCC(C1)C2.C1CC2CCC(C1)CC2.C1CC2CCC1C2.C1CC2CCC1CC2.C1CC2CCC1CN2.C1CC2CCCC(C1)C2.C1CC2CCCC(C1)CC2.C1CCC2CCCC(C1)C2.C1CN2CCC1C2.C1CN2CCC1C2.C1NC2CC1C2. The van der Waals surface area contributed by atoms with E-state index in [0.717, 1.165) is 131 Å². The highest BCUT2D eigenvalue weighted by Crippen LogP contribution is 2.49. The normalized spacial score (nSPS) is 45.8. The second-order valence-corrected chi connectivity index (χ2v) is 45.1. The van der Waals surface area contributed by atoms with Gasteiger partial charge in [-0.2, -0.15) is 0 Å². The molecule has 0 aromatic heterocycles. The number of nitrogens with one attached hydrogen (secondary N) is 4. The van der Waals surface area contributed by atoms with E-state index in [-0.39, 0.29) is 0 Å². The summed E-state index contributed by atoms with van der Waals surface area (Å²) in [5.74, 6) is 23.9. The van der Waals surface area contributed by atoms with Gasteiger partial charge in [0.25, 0.3) is 0 Å². The summed E-state index contributed by atoms with van der Waals surface area (Å²) in [6.07, 6.45) is 103. The summed E-state index contributed by atoms with van der Waals surface area (Å²) in [6, 6.07) is 4.64. The third-order valence-corrected chi connectivity index (χ3v) is 36.9. The van der Waals surface area contributed by atoms with Crippen LogP contribution in [0, 0.1) is 124 Å². The molecule has 0 aromatic rings. The van der Waals surface area contributed by atoms with Crippen LogP contribution in [0.4, 0.5) is 0 Å². The largest absolute Gasteiger partial charge is 0.314 e. The second kappa shape index (κ2) is 44.5. The zero-order valence-electron chi connectivity index (χ0n) is 71.6. The van der Waals surface area contributed by atoms with Crippen molar-refractivity contribution in [3.05, 3.63) is 0 Å². The second-order valence-electron chi connectivity index (χ2n) is 45.1. The molecule has 0 radical (unpaired) electrons. The molecule has 108 heavy (non-hydrogen) atoms. The highest BCUT2D eigenvalue weighted by atomic mass is 15.2. The number of rotatable bonds is 0. The van der Waals surface area contributed by atoms with Crippen molar-refractivity contribution in [2.24, 2.45) is 124 Å². The molecule has 0 amide bonds. The van der Waals surface area contributed by atoms with Gasteiger partial charge in [0, 0.05) is 43.3 Å². The molecule has 8 atom stereocenters. The van der Waals surface area contributed by atoms with E-state index in [4.69, 9.17) is 0 Å². The Morgan fingerprint density at radius 3 is 0.546 bits per heavy atom. The molecule has 6 heteroatoms. The third kappa shape index (κ3) is 27.4. The van der Waals surface area contributed by atoms with Crippen LogP contribution >= 0.6 is 0 Å². The van der Waals surface area contributed by atoms with Crippen molar-refractivity contribution >= 4 is 0 Å². The maximum Gasteiger partial charge on any atom is 0.00850 e.